The number of amides is 9. The van der Waals surface area contributed by atoms with Crippen LogP contribution >= 0.6 is 0 Å². The largest absolute Gasteiger partial charge is 0.492 e. The van der Waals surface area contributed by atoms with E-state index in [1.165, 1.54) is 18.2 Å². The number of carbonyl (C=O) groups excluding carboxylic acids is 9. The van der Waals surface area contributed by atoms with Crippen molar-refractivity contribution in [3.05, 3.63) is 65.2 Å². The van der Waals surface area contributed by atoms with Gasteiger partial charge in [-0.15, -0.1) is 0 Å². The standard InChI is InChI=1S/C54H85N9O15/c1-51(2,3)75-47(69)59-24-18-16-22-40(62-49(71)77-53(7,8)9)44(66)57-28-26-55-42(64)37-32-38(34-39(33-37)73-31-30-61-46(68)74-35-36-20-14-13-15-21-36)43(65)56-27-29-58-45(67)41(63-50(72)78-54(10,11)12)23-17-19-25-60-48(70)76-52(4,5)6/h13-15,20-21,32-34,40-41H,16-19,22-31,35H2,1-12H3,(H,55,64)(H,56,65)(H,57,66)(H,58,67)(H,59,69)(H,60,70)(H,61,68)(H,62,71)(H,63,72)/t40-,41-/m0/s1. The molecule has 2 rings (SSSR count). The van der Waals surface area contributed by atoms with Gasteiger partial charge in [-0.25, -0.2) is 24.0 Å². The number of hydrogen-bond acceptors (Lipinski definition) is 15. The van der Waals surface area contributed by atoms with E-state index in [1.807, 2.05) is 30.3 Å². The Morgan fingerprint density at radius 2 is 0.808 bits per heavy atom. The summed E-state index contributed by atoms with van der Waals surface area (Å²) in [6.45, 7) is 20.9. The number of nitrogens with one attached hydrogen (secondary N) is 9. The molecule has 24 nitrogen and oxygen atoms in total. The van der Waals surface area contributed by atoms with E-state index >= 15 is 0 Å². The van der Waals surface area contributed by atoms with Crippen LogP contribution in [0.5, 0.6) is 5.75 Å². The van der Waals surface area contributed by atoms with Crippen LogP contribution in [0, 0.1) is 0 Å². The number of benzene rings is 2. The molecule has 0 saturated heterocycles. The van der Waals surface area contributed by atoms with Gasteiger partial charge in [-0.3, -0.25) is 19.2 Å². The molecular weight excluding hydrogens is 1010 g/mol. The maximum atomic E-state index is 13.6. The third-order valence-electron chi connectivity index (χ3n) is 9.89. The molecule has 0 aliphatic rings. The fraction of sp³-hybridized carbons (Fsp3) is 0.611. The zero-order chi connectivity index (χ0) is 58.5. The molecule has 9 N–H and O–H groups in total. The van der Waals surface area contributed by atoms with Crippen molar-refractivity contribution in [2.45, 2.75) is 163 Å². The molecule has 0 saturated carbocycles. The van der Waals surface area contributed by atoms with Crippen LogP contribution in [-0.2, 0) is 39.9 Å². The highest BCUT2D eigenvalue weighted by atomic mass is 16.6. The van der Waals surface area contributed by atoms with Crippen LogP contribution in [0.2, 0.25) is 0 Å². The second kappa shape index (κ2) is 32.9. The minimum atomic E-state index is -1.01. The van der Waals surface area contributed by atoms with Crippen molar-refractivity contribution in [3.8, 4) is 5.75 Å². The molecule has 0 aliphatic carbocycles. The molecule has 2 aromatic carbocycles. The van der Waals surface area contributed by atoms with Gasteiger partial charge in [0, 0.05) is 50.4 Å². The summed E-state index contributed by atoms with van der Waals surface area (Å²) in [6.07, 6.45) is -1.22. The predicted molar refractivity (Wildman–Crippen MR) is 290 cm³/mol. The van der Waals surface area contributed by atoms with Crippen molar-refractivity contribution in [2.24, 2.45) is 0 Å². The van der Waals surface area contributed by atoms with Crippen LogP contribution in [0.4, 0.5) is 24.0 Å². The Labute approximate surface area is 458 Å². The van der Waals surface area contributed by atoms with Crippen molar-refractivity contribution in [1.82, 2.24) is 47.9 Å². The maximum absolute atomic E-state index is 13.6. The Morgan fingerprint density at radius 1 is 0.423 bits per heavy atom. The van der Waals surface area contributed by atoms with Crippen LogP contribution in [-0.4, -0.2) is 141 Å². The molecule has 78 heavy (non-hydrogen) atoms. The lowest BCUT2D eigenvalue weighted by molar-refractivity contribution is -0.124. The highest BCUT2D eigenvalue weighted by Crippen LogP contribution is 2.19. The van der Waals surface area contributed by atoms with Crippen LogP contribution in [0.25, 0.3) is 0 Å². The fourth-order valence-electron chi connectivity index (χ4n) is 6.61. The zero-order valence-corrected chi connectivity index (χ0v) is 47.5. The summed E-state index contributed by atoms with van der Waals surface area (Å²) in [5.74, 6) is -2.26. The van der Waals surface area contributed by atoms with E-state index < -0.39 is 88.6 Å². The first kappa shape index (κ1) is 66.6. The number of unbranched alkanes of at least 4 members (excludes halogenated alkanes) is 2. The van der Waals surface area contributed by atoms with E-state index in [4.69, 9.17) is 28.4 Å². The molecule has 24 heteroatoms. The fourth-order valence-corrected chi connectivity index (χ4v) is 6.61. The van der Waals surface area contributed by atoms with E-state index in [0.717, 1.165) is 5.56 Å². The third kappa shape index (κ3) is 32.1. The van der Waals surface area contributed by atoms with Gasteiger partial charge in [0.05, 0.1) is 6.54 Å². The molecule has 0 heterocycles. The van der Waals surface area contributed by atoms with Crippen molar-refractivity contribution < 1.29 is 71.6 Å². The van der Waals surface area contributed by atoms with Crippen LogP contribution < -0.4 is 52.6 Å². The van der Waals surface area contributed by atoms with Crippen molar-refractivity contribution in [1.29, 1.82) is 0 Å². The number of carbonyl (C=O) groups is 9. The summed E-state index contributed by atoms with van der Waals surface area (Å²) >= 11 is 0. The van der Waals surface area contributed by atoms with E-state index in [0.29, 0.717) is 25.7 Å². The first-order valence-electron chi connectivity index (χ1n) is 26.1. The summed E-state index contributed by atoms with van der Waals surface area (Å²) in [5.41, 5.74) is -2.18. The number of alkyl carbamates (subject to hydrolysis) is 5. The first-order valence-corrected chi connectivity index (χ1v) is 26.1. The summed E-state index contributed by atoms with van der Waals surface area (Å²) < 4.78 is 32.3. The zero-order valence-electron chi connectivity index (χ0n) is 47.5. The minimum Gasteiger partial charge on any atom is -0.492 e. The number of ether oxygens (including phenoxy) is 6. The van der Waals surface area contributed by atoms with Crippen molar-refractivity contribution in [2.75, 3.05) is 52.4 Å². The Balaban J connectivity index is 2.13. The minimum absolute atomic E-state index is 0.00444. The van der Waals surface area contributed by atoms with Crippen molar-refractivity contribution in [3.63, 3.8) is 0 Å². The highest BCUT2D eigenvalue weighted by molar-refractivity contribution is 6.00. The SMILES string of the molecule is CC(C)(C)OC(=O)NCCCC[C@H](NC(=O)OC(C)(C)C)C(=O)NCCNC(=O)c1cc(OCCNC(=O)OCc2ccccc2)cc(C(=O)NCCNC(=O)[C@H](CCCCNC(=O)OC(C)(C)C)NC(=O)OC(C)(C)C)c1. The lowest BCUT2D eigenvalue weighted by Crippen LogP contribution is -2.49. The lowest BCUT2D eigenvalue weighted by Gasteiger charge is -2.23. The van der Waals surface area contributed by atoms with E-state index in [1.54, 1.807) is 83.1 Å². The van der Waals surface area contributed by atoms with Gasteiger partial charge in [0.2, 0.25) is 11.8 Å². The summed E-state index contributed by atoms with van der Waals surface area (Å²) in [4.78, 5) is 116. The normalized spacial score (nSPS) is 12.2. The van der Waals surface area contributed by atoms with E-state index in [9.17, 15) is 43.2 Å². The number of rotatable bonds is 28. The van der Waals surface area contributed by atoms with E-state index in [2.05, 4.69) is 47.9 Å². The quantitative estimate of drug-likeness (QED) is 0.0356. The Morgan fingerprint density at radius 3 is 1.22 bits per heavy atom. The summed E-state index contributed by atoms with van der Waals surface area (Å²) in [5, 5.41) is 23.9. The lowest BCUT2D eigenvalue weighted by atomic mass is 10.1. The molecule has 2 atom stereocenters. The monoisotopic (exact) mass is 1100 g/mol. The molecule has 0 unspecified atom stereocenters. The number of hydrogen-bond donors (Lipinski definition) is 9. The molecule has 0 spiro atoms. The molecule has 0 aromatic heterocycles. The molecule has 9 amide bonds. The average Bonchev–Trinajstić information content (AvgIpc) is 3.31. The van der Waals surface area contributed by atoms with Gasteiger partial charge >= 0.3 is 30.5 Å². The first-order chi connectivity index (χ1) is 36.4. The Bertz CT molecular complexity index is 2150. The van der Waals surface area contributed by atoms with Gasteiger partial charge in [0.1, 0.15) is 53.5 Å². The van der Waals surface area contributed by atoms with Gasteiger partial charge in [0.15, 0.2) is 0 Å². The van der Waals surface area contributed by atoms with Gasteiger partial charge in [-0.05, 0) is 145 Å². The smallest absolute Gasteiger partial charge is 0.408 e. The third-order valence-corrected chi connectivity index (χ3v) is 9.89. The molecule has 2 aromatic rings. The van der Waals surface area contributed by atoms with Gasteiger partial charge < -0.3 is 76.3 Å². The molecule has 0 bridgehead atoms. The second-order valence-electron chi connectivity index (χ2n) is 21.9. The molecule has 436 valence electrons. The van der Waals surface area contributed by atoms with Gasteiger partial charge in [0.25, 0.3) is 11.8 Å². The molecule has 0 aliphatic heterocycles. The van der Waals surface area contributed by atoms with Crippen LogP contribution in [0.15, 0.2) is 48.5 Å². The molecule has 0 radical (unpaired) electrons. The van der Waals surface area contributed by atoms with Gasteiger partial charge in [-0.1, -0.05) is 30.3 Å². The predicted octanol–water partition coefficient (Wildman–Crippen LogP) is 5.86. The Hall–Kier alpha value is -7.53. The van der Waals surface area contributed by atoms with Crippen LogP contribution in [0.1, 0.15) is 148 Å². The summed E-state index contributed by atoms with van der Waals surface area (Å²) in [7, 11) is 0. The molecule has 0 fully saturated rings. The maximum Gasteiger partial charge on any atom is 0.408 e. The molecular formula is C54H85N9O15. The summed E-state index contributed by atoms with van der Waals surface area (Å²) in [6, 6.07) is 11.2. The van der Waals surface area contributed by atoms with Crippen LogP contribution in [0.3, 0.4) is 0 Å². The second-order valence-corrected chi connectivity index (χ2v) is 21.9. The average molecular weight is 1100 g/mol. The Kier molecular flexibility index (Phi) is 28.1. The van der Waals surface area contributed by atoms with Crippen molar-refractivity contribution >= 4 is 54.1 Å². The highest BCUT2D eigenvalue weighted by Gasteiger charge is 2.27. The van der Waals surface area contributed by atoms with E-state index in [-0.39, 0.29) is 88.7 Å². The topological polar surface area (TPSA) is 317 Å². The van der Waals surface area contributed by atoms with Gasteiger partial charge in [-0.2, -0.15) is 0 Å².